The van der Waals surface area contributed by atoms with Gasteiger partial charge in [0.1, 0.15) is 6.17 Å². The van der Waals surface area contributed by atoms with Gasteiger partial charge in [0, 0.05) is 43.5 Å². The number of pyridine rings is 2. The van der Waals surface area contributed by atoms with Crippen LogP contribution in [-0.2, 0) is 11.2 Å². The average molecular weight is 441 g/mol. The predicted molar refractivity (Wildman–Crippen MR) is 120 cm³/mol. The second-order valence-electron chi connectivity index (χ2n) is 8.39. The minimum Gasteiger partial charge on any atom is -0.379 e. The molecule has 4 rings (SSSR count). The fraction of sp³-hybridized carbons (Fsp3) is 0.478. The highest BCUT2D eigenvalue weighted by Crippen LogP contribution is 2.23. The van der Waals surface area contributed by atoms with Crippen LogP contribution in [0.1, 0.15) is 53.8 Å². The van der Waals surface area contributed by atoms with Crippen LogP contribution >= 0.6 is 0 Å². The van der Waals surface area contributed by atoms with E-state index in [0.717, 1.165) is 37.2 Å². The third-order valence-corrected chi connectivity index (χ3v) is 6.03. The molecule has 9 heteroatoms. The van der Waals surface area contributed by atoms with Crippen molar-refractivity contribution in [2.75, 3.05) is 29.9 Å². The Balaban J connectivity index is 1.50. The van der Waals surface area contributed by atoms with E-state index in [9.17, 15) is 14.0 Å². The zero-order chi connectivity index (χ0) is 22.5. The number of alkyl halides is 1. The lowest BCUT2D eigenvalue weighted by Gasteiger charge is -2.29. The van der Waals surface area contributed by atoms with Crippen LogP contribution in [-0.4, -0.2) is 53.6 Å². The summed E-state index contributed by atoms with van der Waals surface area (Å²) in [5.74, 6) is -0.471. The lowest BCUT2D eigenvalue weighted by Crippen LogP contribution is -2.45. The Morgan fingerprint density at radius 2 is 2.06 bits per heavy atom. The second-order valence-corrected chi connectivity index (χ2v) is 8.39. The zero-order valence-corrected chi connectivity index (χ0v) is 18.0. The molecule has 0 saturated carbocycles. The molecule has 2 aromatic heterocycles. The number of piperidine rings is 1. The van der Waals surface area contributed by atoms with E-state index >= 15 is 0 Å². The molecule has 170 valence electrons. The molecular formula is C23H29FN6O2. The largest absolute Gasteiger partial charge is 0.379 e. The van der Waals surface area contributed by atoms with Gasteiger partial charge in [-0.05, 0) is 44.0 Å². The lowest BCUT2D eigenvalue weighted by atomic mass is 10.0. The molecule has 0 unspecified atom stereocenters. The van der Waals surface area contributed by atoms with Crippen molar-refractivity contribution in [1.29, 1.82) is 0 Å². The minimum absolute atomic E-state index is 0.139. The fourth-order valence-corrected chi connectivity index (χ4v) is 4.22. The van der Waals surface area contributed by atoms with Crippen molar-refractivity contribution in [3.63, 3.8) is 0 Å². The molecule has 0 radical (unpaired) electrons. The van der Waals surface area contributed by atoms with Crippen molar-refractivity contribution >= 4 is 23.2 Å². The van der Waals surface area contributed by atoms with Gasteiger partial charge in [0.15, 0.2) is 0 Å². The van der Waals surface area contributed by atoms with Crippen molar-refractivity contribution in [1.82, 2.24) is 15.3 Å². The molecule has 0 spiro atoms. The number of carbonyl (C=O) groups excluding carboxylic acids is 2. The van der Waals surface area contributed by atoms with Gasteiger partial charge in [0.05, 0.1) is 29.2 Å². The van der Waals surface area contributed by atoms with Gasteiger partial charge in [-0.25, -0.2) is 4.39 Å². The van der Waals surface area contributed by atoms with E-state index in [1.807, 2.05) is 12.1 Å². The standard InChI is InChI=1S/C23H29FN6O2/c24-19-14-26-8-7-20(19)29-21-11-16(28-13-18(21)23(25)32)10-15-5-6-17(12-27-15)30-9-3-1-2-4-22(30)31/h5-6,11-13,19-20,26H,1-4,7-10,14H2,(H2,25,32)(H,28,29)/t19-,20+/m0/s1. The Kier molecular flexibility index (Phi) is 6.94. The maximum atomic E-state index is 14.3. The molecular weight excluding hydrogens is 411 g/mol. The molecule has 4 heterocycles. The number of nitrogens with one attached hydrogen (secondary N) is 2. The topological polar surface area (TPSA) is 113 Å². The predicted octanol–water partition coefficient (Wildman–Crippen LogP) is 2.19. The number of hydrogen-bond donors (Lipinski definition) is 3. The van der Waals surface area contributed by atoms with Gasteiger partial charge in [-0.15, -0.1) is 0 Å². The Hall–Kier alpha value is -3.07. The van der Waals surface area contributed by atoms with Crippen molar-refractivity contribution in [3.8, 4) is 0 Å². The summed E-state index contributed by atoms with van der Waals surface area (Å²) in [4.78, 5) is 34.8. The Morgan fingerprint density at radius 1 is 1.22 bits per heavy atom. The lowest BCUT2D eigenvalue weighted by molar-refractivity contribution is -0.118. The van der Waals surface area contributed by atoms with Crippen molar-refractivity contribution < 1.29 is 14.0 Å². The third kappa shape index (κ3) is 5.21. The van der Waals surface area contributed by atoms with Crippen LogP contribution in [0, 0.1) is 0 Å². The summed E-state index contributed by atoms with van der Waals surface area (Å²) in [5.41, 5.74) is 8.50. The van der Waals surface area contributed by atoms with Crippen LogP contribution in [0.5, 0.6) is 0 Å². The van der Waals surface area contributed by atoms with Crippen LogP contribution in [0.2, 0.25) is 0 Å². The SMILES string of the molecule is NC(=O)c1cnc(Cc2ccc(N3CCCCCC3=O)cn2)cc1N[C@@H]1CCNC[C@@H]1F. The molecule has 8 nitrogen and oxygen atoms in total. The number of amides is 2. The van der Waals surface area contributed by atoms with Gasteiger partial charge in [0.2, 0.25) is 5.91 Å². The van der Waals surface area contributed by atoms with Crippen molar-refractivity contribution in [2.24, 2.45) is 5.73 Å². The molecule has 32 heavy (non-hydrogen) atoms. The van der Waals surface area contributed by atoms with E-state index in [2.05, 4.69) is 20.6 Å². The summed E-state index contributed by atoms with van der Waals surface area (Å²) < 4.78 is 14.3. The number of rotatable bonds is 6. The summed E-state index contributed by atoms with van der Waals surface area (Å²) in [5, 5.41) is 6.16. The number of nitrogens with two attached hydrogens (primary N) is 1. The summed E-state index contributed by atoms with van der Waals surface area (Å²) in [6.45, 7) is 1.70. The smallest absolute Gasteiger partial charge is 0.252 e. The van der Waals surface area contributed by atoms with Gasteiger partial charge >= 0.3 is 0 Å². The number of nitrogens with zero attached hydrogens (tertiary/aromatic N) is 3. The van der Waals surface area contributed by atoms with E-state index in [0.29, 0.717) is 37.2 Å². The average Bonchev–Trinajstić information content (AvgIpc) is 3.00. The third-order valence-electron chi connectivity index (χ3n) is 6.03. The van der Waals surface area contributed by atoms with Gasteiger partial charge in [-0.3, -0.25) is 19.6 Å². The number of hydrogen-bond acceptors (Lipinski definition) is 6. The molecule has 2 amide bonds. The Bertz CT molecular complexity index is 967. The molecule has 0 aromatic carbocycles. The van der Waals surface area contributed by atoms with Crippen LogP contribution in [0.3, 0.4) is 0 Å². The van der Waals surface area contributed by atoms with Gasteiger partial charge in [-0.1, -0.05) is 6.42 Å². The van der Waals surface area contributed by atoms with Gasteiger partial charge < -0.3 is 21.3 Å². The highest BCUT2D eigenvalue weighted by molar-refractivity contribution is 5.98. The normalized spacial score (nSPS) is 21.8. The molecule has 0 aliphatic carbocycles. The first-order valence-corrected chi connectivity index (χ1v) is 11.2. The quantitative estimate of drug-likeness (QED) is 0.635. The van der Waals surface area contributed by atoms with E-state index in [1.54, 1.807) is 17.2 Å². The molecule has 2 atom stereocenters. The number of halogens is 1. The molecule has 2 saturated heterocycles. The molecule has 2 aliphatic rings. The first kappa shape index (κ1) is 22.1. The Labute approximate surface area is 186 Å². The van der Waals surface area contributed by atoms with E-state index in [4.69, 9.17) is 5.73 Å². The van der Waals surface area contributed by atoms with Crippen LogP contribution in [0.25, 0.3) is 0 Å². The zero-order valence-electron chi connectivity index (χ0n) is 18.0. The number of anilines is 2. The van der Waals surface area contributed by atoms with Crippen LogP contribution in [0.15, 0.2) is 30.6 Å². The molecule has 2 aromatic rings. The molecule has 2 fully saturated rings. The maximum Gasteiger partial charge on any atom is 0.252 e. The molecule has 4 N–H and O–H groups in total. The summed E-state index contributed by atoms with van der Waals surface area (Å²) in [7, 11) is 0. The minimum atomic E-state index is -1.06. The first-order valence-electron chi connectivity index (χ1n) is 11.2. The number of carbonyl (C=O) groups is 2. The molecule has 2 aliphatic heterocycles. The second kappa shape index (κ2) is 10.0. The van der Waals surface area contributed by atoms with Crippen molar-refractivity contribution in [2.45, 2.75) is 50.7 Å². The van der Waals surface area contributed by atoms with Crippen LogP contribution < -0.4 is 21.3 Å². The van der Waals surface area contributed by atoms with E-state index < -0.39 is 18.1 Å². The summed E-state index contributed by atoms with van der Waals surface area (Å²) >= 11 is 0. The monoisotopic (exact) mass is 440 g/mol. The molecule has 0 bridgehead atoms. The van der Waals surface area contributed by atoms with Gasteiger partial charge in [0.25, 0.3) is 5.91 Å². The summed E-state index contributed by atoms with van der Waals surface area (Å²) in [6.07, 6.45) is 6.71. The van der Waals surface area contributed by atoms with Crippen LogP contribution in [0.4, 0.5) is 15.8 Å². The highest BCUT2D eigenvalue weighted by Gasteiger charge is 2.26. The van der Waals surface area contributed by atoms with E-state index in [1.165, 1.54) is 6.20 Å². The first-order chi connectivity index (χ1) is 15.5. The highest BCUT2D eigenvalue weighted by atomic mass is 19.1. The number of primary amides is 1. The van der Waals surface area contributed by atoms with Crippen molar-refractivity contribution in [3.05, 3.63) is 47.5 Å². The maximum absolute atomic E-state index is 14.3. The Morgan fingerprint density at radius 3 is 2.81 bits per heavy atom. The van der Waals surface area contributed by atoms with Gasteiger partial charge in [-0.2, -0.15) is 0 Å². The fourth-order valence-electron chi connectivity index (χ4n) is 4.22. The number of aromatic nitrogens is 2. The van der Waals surface area contributed by atoms with E-state index in [-0.39, 0.29) is 18.0 Å². The summed E-state index contributed by atoms with van der Waals surface area (Å²) in [6, 6.07) is 5.14.